The van der Waals surface area contributed by atoms with E-state index in [2.05, 4.69) is 9.71 Å². The van der Waals surface area contributed by atoms with Gasteiger partial charge in [0.15, 0.2) is 0 Å². The van der Waals surface area contributed by atoms with Crippen LogP contribution in [0.3, 0.4) is 0 Å². The molecule has 1 N–H and O–H groups in total. The molecule has 1 saturated heterocycles. The number of hydrogen-bond acceptors (Lipinski definition) is 6. The predicted molar refractivity (Wildman–Crippen MR) is 112 cm³/mol. The number of amides is 3. The number of halogens is 3. The van der Waals surface area contributed by atoms with Gasteiger partial charge in [-0.15, -0.1) is 0 Å². The van der Waals surface area contributed by atoms with E-state index in [1.807, 2.05) is 0 Å². The second-order valence-corrected chi connectivity index (χ2v) is 9.87. The summed E-state index contributed by atoms with van der Waals surface area (Å²) in [4.78, 5) is 31.1. The van der Waals surface area contributed by atoms with Crippen molar-refractivity contribution >= 4 is 45.4 Å². The van der Waals surface area contributed by atoms with Crippen LogP contribution in [0.2, 0.25) is 0 Å². The molecule has 0 aliphatic carbocycles. The summed E-state index contributed by atoms with van der Waals surface area (Å²) in [6.07, 6.45) is 1.36. The van der Waals surface area contributed by atoms with Crippen molar-refractivity contribution in [3.8, 4) is 0 Å². The quantitative estimate of drug-likeness (QED) is 0.474. The molecule has 3 amide bonds. The van der Waals surface area contributed by atoms with E-state index in [4.69, 9.17) is 0 Å². The number of benzene rings is 1. The van der Waals surface area contributed by atoms with Crippen molar-refractivity contribution in [2.75, 3.05) is 30.3 Å². The van der Waals surface area contributed by atoms with Gasteiger partial charge in [-0.25, -0.2) is 14.7 Å². The van der Waals surface area contributed by atoms with Crippen LogP contribution in [0.25, 0.3) is 0 Å². The Labute approximate surface area is 186 Å². The van der Waals surface area contributed by atoms with Gasteiger partial charge in [0, 0.05) is 31.7 Å². The maximum absolute atomic E-state index is 12.7. The number of rotatable bonds is 7. The number of carbonyl (C=O) groups is 2. The lowest BCUT2D eigenvalue weighted by atomic mass is 10.2. The van der Waals surface area contributed by atoms with Crippen molar-refractivity contribution in [3.63, 3.8) is 0 Å². The lowest BCUT2D eigenvalue weighted by Crippen LogP contribution is -2.32. The molecule has 0 spiro atoms. The van der Waals surface area contributed by atoms with Crippen LogP contribution in [-0.4, -0.2) is 60.7 Å². The van der Waals surface area contributed by atoms with Gasteiger partial charge in [0.05, 0.1) is 5.69 Å². The number of carbonyl (C=O) groups excluding carboxylic acids is 2. The third kappa shape index (κ3) is 5.69. The van der Waals surface area contributed by atoms with E-state index >= 15 is 0 Å². The number of hydrogen-bond donors (Lipinski definition) is 1. The van der Waals surface area contributed by atoms with Gasteiger partial charge in [-0.2, -0.15) is 25.9 Å². The Morgan fingerprint density at radius 1 is 1.16 bits per heavy atom. The van der Waals surface area contributed by atoms with Gasteiger partial charge in [0.25, 0.3) is 5.91 Å². The first kappa shape index (κ1) is 23.8. The summed E-state index contributed by atoms with van der Waals surface area (Å²) in [5, 5.41) is 0. The van der Waals surface area contributed by atoms with Crippen molar-refractivity contribution in [2.45, 2.75) is 16.9 Å². The predicted octanol–water partition coefficient (Wildman–Crippen LogP) is 2.88. The Morgan fingerprint density at radius 3 is 2.41 bits per heavy atom. The number of alkyl halides is 3. The monoisotopic (exact) mass is 489 g/mol. The van der Waals surface area contributed by atoms with Gasteiger partial charge in [-0.1, -0.05) is 0 Å². The standard InChI is InChI=1S/C18H18F3N5O4S2/c1-24(2)32(29,30)23-15-9-12(7-8-22-15)10-25-11-16(27)26(17(25)28)13-3-5-14(6-4-13)31-18(19,20)21/h3-9H,10-11H2,1-2H3,(H,22,23). The molecule has 0 bridgehead atoms. The number of thioether (sulfide) groups is 1. The minimum atomic E-state index is -4.44. The Hall–Kier alpha value is -2.84. The number of anilines is 2. The highest BCUT2D eigenvalue weighted by atomic mass is 32.2. The van der Waals surface area contributed by atoms with E-state index < -0.39 is 27.7 Å². The molecule has 172 valence electrons. The first-order valence-corrected chi connectivity index (χ1v) is 11.2. The SMILES string of the molecule is CN(C)S(=O)(=O)Nc1cc(CN2CC(=O)N(c3ccc(SC(F)(F)F)cc3)C2=O)ccn1. The van der Waals surface area contributed by atoms with Crippen molar-refractivity contribution in [1.29, 1.82) is 0 Å². The van der Waals surface area contributed by atoms with Crippen molar-refractivity contribution in [1.82, 2.24) is 14.2 Å². The third-order valence-electron chi connectivity index (χ3n) is 4.28. The lowest BCUT2D eigenvalue weighted by Gasteiger charge is -2.18. The van der Waals surface area contributed by atoms with E-state index in [1.165, 1.54) is 55.5 Å². The zero-order chi connectivity index (χ0) is 23.7. The zero-order valence-corrected chi connectivity index (χ0v) is 18.5. The number of aromatic nitrogens is 1. The average molecular weight is 490 g/mol. The molecular formula is C18H18F3N5O4S2. The molecule has 1 aliphatic heterocycles. The molecule has 1 aromatic carbocycles. The van der Waals surface area contributed by atoms with Gasteiger partial charge in [-0.3, -0.25) is 9.52 Å². The fraction of sp³-hybridized carbons (Fsp3) is 0.278. The molecule has 0 saturated carbocycles. The molecule has 0 radical (unpaired) electrons. The van der Waals surface area contributed by atoms with Crippen molar-refractivity contribution in [3.05, 3.63) is 48.2 Å². The molecule has 0 unspecified atom stereocenters. The van der Waals surface area contributed by atoms with E-state index in [-0.39, 0.29) is 41.3 Å². The Balaban J connectivity index is 1.72. The van der Waals surface area contributed by atoms with Gasteiger partial charge < -0.3 is 4.90 Å². The fourth-order valence-electron chi connectivity index (χ4n) is 2.80. The topological polar surface area (TPSA) is 103 Å². The van der Waals surface area contributed by atoms with E-state index in [0.29, 0.717) is 5.56 Å². The summed E-state index contributed by atoms with van der Waals surface area (Å²) >= 11 is -0.294. The van der Waals surface area contributed by atoms with Crippen LogP contribution < -0.4 is 9.62 Å². The molecule has 1 aromatic heterocycles. The molecule has 32 heavy (non-hydrogen) atoms. The molecule has 9 nitrogen and oxygen atoms in total. The maximum Gasteiger partial charge on any atom is 0.446 e. The van der Waals surface area contributed by atoms with Gasteiger partial charge >= 0.3 is 21.7 Å². The second kappa shape index (κ2) is 8.96. The summed E-state index contributed by atoms with van der Waals surface area (Å²) in [7, 11) is -1.07. The maximum atomic E-state index is 12.7. The Kier molecular flexibility index (Phi) is 6.67. The number of nitrogens with one attached hydrogen (secondary N) is 1. The minimum absolute atomic E-state index is 0.00228. The Morgan fingerprint density at radius 2 is 1.81 bits per heavy atom. The van der Waals surface area contributed by atoms with E-state index in [0.717, 1.165) is 9.21 Å². The van der Waals surface area contributed by atoms with Crippen LogP contribution in [0.15, 0.2) is 47.5 Å². The molecule has 2 aromatic rings. The minimum Gasteiger partial charge on any atom is -0.310 e. The third-order valence-corrected chi connectivity index (χ3v) is 6.45. The molecule has 1 fully saturated rings. The highest BCUT2D eigenvalue weighted by Crippen LogP contribution is 2.37. The number of pyridine rings is 1. The largest absolute Gasteiger partial charge is 0.446 e. The van der Waals surface area contributed by atoms with Crippen molar-refractivity contribution < 1.29 is 31.2 Å². The average Bonchev–Trinajstić information content (AvgIpc) is 2.94. The van der Waals surface area contributed by atoms with E-state index in [9.17, 15) is 31.2 Å². The molecule has 1 aliphatic rings. The second-order valence-electron chi connectivity index (χ2n) is 6.85. The Bertz CT molecular complexity index is 1120. The van der Waals surface area contributed by atoms with Gasteiger partial charge in [0.1, 0.15) is 12.4 Å². The summed E-state index contributed by atoms with van der Waals surface area (Å²) in [6.45, 7) is -0.235. The molecule has 0 atom stereocenters. The smallest absolute Gasteiger partial charge is 0.310 e. The summed E-state index contributed by atoms with van der Waals surface area (Å²) in [6, 6.07) is 7.27. The highest BCUT2D eigenvalue weighted by Gasteiger charge is 2.37. The van der Waals surface area contributed by atoms with Crippen LogP contribution in [0.1, 0.15) is 5.56 Å². The fourth-order valence-corrected chi connectivity index (χ4v) is 3.89. The van der Waals surface area contributed by atoms with Crippen LogP contribution >= 0.6 is 11.8 Å². The van der Waals surface area contributed by atoms with Gasteiger partial charge in [0.2, 0.25) is 0 Å². The highest BCUT2D eigenvalue weighted by molar-refractivity contribution is 8.00. The van der Waals surface area contributed by atoms with Crippen LogP contribution in [0, 0.1) is 0 Å². The zero-order valence-electron chi connectivity index (χ0n) is 16.8. The summed E-state index contributed by atoms with van der Waals surface area (Å²) < 4.78 is 64.6. The molecule has 2 heterocycles. The summed E-state index contributed by atoms with van der Waals surface area (Å²) in [5.74, 6) is -0.488. The normalized spacial score (nSPS) is 15.1. The number of urea groups is 1. The van der Waals surface area contributed by atoms with Crippen LogP contribution in [0.5, 0.6) is 0 Å². The van der Waals surface area contributed by atoms with Gasteiger partial charge in [-0.05, 0) is 53.7 Å². The van der Waals surface area contributed by atoms with Crippen molar-refractivity contribution in [2.24, 2.45) is 0 Å². The first-order chi connectivity index (χ1) is 14.9. The molecular weight excluding hydrogens is 471 g/mol. The number of nitrogens with zero attached hydrogens (tertiary/aromatic N) is 4. The van der Waals surface area contributed by atoms with Crippen LogP contribution in [0.4, 0.5) is 29.5 Å². The number of imide groups is 1. The lowest BCUT2D eigenvalue weighted by molar-refractivity contribution is -0.116. The molecule has 14 heteroatoms. The summed E-state index contributed by atoms with van der Waals surface area (Å²) in [5.41, 5.74) is -3.76. The first-order valence-electron chi connectivity index (χ1n) is 8.98. The van der Waals surface area contributed by atoms with Crippen LogP contribution in [-0.2, 0) is 21.5 Å². The van der Waals surface area contributed by atoms with E-state index in [1.54, 1.807) is 6.07 Å². The molecule has 3 rings (SSSR count).